The molecule has 0 aliphatic heterocycles. The lowest BCUT2D eigenvalue weighted by Crippen LogP contribution is -2.32. The second-order valence-corrected chi connectivity index (χ2v) is 3.96. The lowest BCUT2D eigenvalue weighted by atomic mass is 9.98. The summed E-state index contributed by atoms with van der Waals surface area (Å²) in [6.45, 7) is 1.76. The highest BCUT2D eigenvalue weighted by atomic mass is 19.4. The van der Waals surface area contributed by atoms with Crippen molar-refractivity contribution in [3.05, 3.63) is 29.6 Å². The summed E-state index contributed by atoms with van der Waals surface area (Å²) in [5.74, 6) is 5.32. The number of rotatable bonds is 5. The van der Waals surface area contributed by atoms with Gasteiger partial charge in [0.1, 0.15) is 0 Å². The predicted molar refractivity (Wildman–Crippen MR) is 60.4 cm³/mol. The molecule has 0 bridgehead atoms. The first-order chi connectivity index (χ1) is 8.40. The SMILES string of the molecule is COC(C)CC(NN)c1cnccc1C(F)(F)F. The predicted octanol–water partition coefficient (Wildman–Crippen LogP) is 2.03. The number of halogens is 3. The number of ether oxygens (including phenoxy) is 1. The number of nitrogens with two attached hydrogens (primary N) is 1. The van der Waals surface area contributed by atoms with Crippen LogP contribution in [0.25, 0.3) is 0 Å². The average molecular weight is 263 g/mol. The fraction of sp³-hybridized carbons (Fsp3) is 0.545. The van der Waals surface area contributed by atoms with Crippen LogP contribution in [0.4, 0.5) is 13.2 Å². The summed E-state index contributed by atoms with van der Waals surface area (Å²) < 4.78 is 43.5. The standard InChI is InChI=1S/C11H16F3N3O/c1-7(18-2)5-10(17-15)8-6-16-4-3-9(8)11(12,13)14/h3-4,6-7,10,17H,5,15H2,1-2H3. The van der Waals surface area contributed by atoms with Gasteiger partial charge >= 0.3 is 6.18 Å². The zero-order valence-electron chi connectivity index (χ0n) is 10.2. The van der Waals surface area contributed by atoms with E-state index in [4.69, 9.17) is 10.6 Å². The van der Waals surface area contributed by atoms with Crippen LogP contribution in [-0.4, -0.2) is 18.2 Å². The van der Waals surface area contributed by atoms with Gasteiger partial charge in [0.2, 0.25) is 0 Å². The first-order valence-corrected chi connectivity index (χ1v) is 5.40. The molecular formula is C11H16F3N3O. The molecule has 0 spiro atoms. The maximum Gasteiger partial charge on any atom is 0.416 e. The van der Waals surface area contributed by atoms with Crippen molar-refractivity contribution >= 4 is 0 Å². The van der Waals surface area contributed by atoms with Gasteiger partial charge in [-0.3, -0.25) is 16.3 Å². The van der Waals surface area contributed by atoms with Crippen LogP contribution in [0.1, 0.15) is 30.5 Å². The number of alkyl halides is 3. The second-order valence-electron chi connectivity index (χ2n) is 3.96. The van der Waals surface area contributed by atoms with Crippen molar-refractivity contribution in [3.63, 3.8) is 0 Å². The van der Waals surface area contributed by atoms with Crippen LogP contribution in [0, 0.1) is 0 Å². The monoisotopic (exact) mass is 263 g/mol. The molecule has 1 rings (SSSR count). The van der Waals surface area contributed by atoms with Crippen LogP contribution < -0.4 is 11.3 Å². The minimum Gasteiger partial charge on any atom is -0.382 e. The van der Waals surface area contributed by atoms with Gasteiger partial charge in [-0.25, -0.2) is 0 Å². The fourth-order valence-electron chi connectivity index (χ4n) is 1.66. The summed E-state index contributed by atoms with van der Waals surface area (Å²) >= 11 is 0. The van der Waals surface area contributed by atoms with Crippen LogP contribution in [0.5, 0.6) is 0 Å². The topological polar surface area (TPSA) is 60.2 Å². The summed E-state index contributed by atoms with van der Waals surface area (Å²) in [7, 11) is 1.49. The highest BCUT2D eigenvalue weighted by Crippen LogP contribution is 2.35. The first-order valence-electron chi connectivity index (χ1n) is 5.40. The van der Waals surface area contributed by atoms with Crippen LogP contribution in [-0.2, 0) is 10.9 Å². The van der Waals surface area contributed by atoms with Crippen molar-refractivity contribution in [1.29, 1.82) is 0 Å². The molecule has 2 atom stereocenters. The highest BCUT2D eigenvalue weighted by molar-refractivity contribution is 5.29. The third-order valence-electron chi connectivity index (χ3n) is 2.70. The van der Waals surface area contributed by atoms with E-state index in [0.29, 0.717) is 6.42 Å². The Morgan fingerprint density at radius 2 is 2.17 bits per heavy atom. The van der Waals surface area contributed by atoms with Crippen LogP contribution in [0.2, 0.25) is 0 Å². The van der Waals surface area contributed by atoms with E-state index in [1.54, 1.807) is 6.92 Å². The number of methoxy groups -OCH3 is 1. The summed E-state index contributed by atoms with van der Waals surface area (Å²) in [5.41, 5.74) is 1.67. The molecular weight excluding hydrogens is 247 g/mol. The zero-order chi connectivity index (χ0) is 13.8. The van der Waals surface area contributed by atoms with E-state index in [1.807, 2.05) is 0 Å². The number of hydrogen-bond donors (Lipinski definition) is 2. The van der Waals surface area contributed by atoms with Crippen molar-refractivity contribution < 1.29 is 17.9 Å². The molecule has 1 aromatic heterocycles. The highest BCUT2D eigenvalue weighted by Gasteiger charge is 2.35. The van der Waals surface area contributed by atoms with Gasteiger partial charge in [-0.1, -0.05) is 0 Å². The van der Waals surface area contributed by atoms with Gasteiger partial charge in [0, 0.05) is 25.1 Å². The molecule has 2 unspecified atom stereocenters. The van der Waals surface area contributed by atoms with Gasteiger partial charge in [-0.05, 0) is 19.4 Å². The quantitative estimate of drug-likeness (QED) is 0.630. The van der Waals surface area contributed by atoms with Crippen molar-refractivity contribution in [2.75, 3.05) is 7.11 Å². The molecule has 0 amide bonds. The zero-order valence-corrected chi connectivity index (χ0v) is 10.2. The van der Waals surface area contributed by atoms with Crippen molar-refractivity contribution in [1.82, 2.24) is 10.4 Å². The summed E-state index contributed by atoms with van der Waals surface area (Å²) in [6, 6.07) is 0.280. The van der Waals surface area contributed by atoms with E-state index in [0.717, 1.165) is 12.3 Å². The smallest absolute Gasteiger partial charge is 0.382 e. The Bertz CT molecular complexity index is 384. The molecule has 4 nitrogen and oxygen atoms in total. The largest absolute Gasteiger partial charge is 0.416 e. The first kappa shape index (κ1) is 14.9. The molecule has 1 aromatic rings. The third-order valence-corrected chi connectivity index (χ3v) is 2.70. The van der Waals surface area contributed by atoms with E-state index in [9.17, 15) is 13.2 Å². The Morgan fingerprint density at radius 3 is 2.67 bits per heavy atom. The van der Waals surface area contributed by atoms with Gasteiger partial charge in [0.05, 0.1) is 17.7 Å². The van der Waals surface area contributed by atoms with Crippen molar-refractivity contribution in [3.8, 4) is 0 Å². The van der Waals surface area contributed by atoms with E-state index in [2.05, 4.69) is 10.4 Å². The van der Waals surface area contributed by atoms with E-state index in [-0.39, 0.29) is 11.7 Å². The molecule has 102 valence electrons. The minimum absolute atomic E-state index is 0.0244. The van der Waals surface area contributed by atoms with Gasteiger partial charge in [-0.2, -0.15) is 13.2 Å². The molecule has 1 heterocycles. The Morgan fingerprint density at radius 1 is 1.50 bits per heavy atom. The summed E-state index contributed by atoms with van der Waals surface area (Å²) in [6.07, 6.45) is -2.03. The number of hydrogen-bond acceptors (Lipinski definition) is 4. The Labute approximate surface area is 103 Å². The molecule has 0 aliphatic rings. The molecule has 0 aliphatic carbocycles. The van der Waals surface area contributed by atoms with Crippen LogP contribution in [0.3, 0.4) is 0 Å². The summed E-state index contributed by atoms with van der Waals surface area (Å²) in [4.78, 5) is 3.72. The maximum absolute atomic E-state index is 12.8. The number of pyridine rings is 1. The minimum atomic E-state index is -4.43. The molecule has 0 fully saturated rings. The fourth-order valence-corrected chi connectivity index (χ4v) is 1.66. The maximum atomic E-state index is 12.8. The number of hydrazine groups is 1. The van der Waals surface area contributed by atoms with Gasteiger partial charge in [0.25, 0.3) is 0 Å². The van der Waals surface area contributed by atoms with E-state index < -0.39 is 17.8 Å². The molecule has 18 heavy (non-hydrogen) atoms. The van der Waals surface area contributed by atoms with Crippen molar-refractivity contribution in [2.45, 2.75) is 31.7 Å². The van der Waals surface area contributed by atoms with Crippen LogP contribution in [0.15, 0.2) is 18.5 Å². The number of aromatic nitrogens is 1. The van der Waals surface area contributed by atoms with Gasteiger partial charge < -0.3 is 4.74 Å². The second kappa shape index (κ2) is 6.12. The van der Waals surface area contributed by atoms with E-state index in [1.165, 1.54) is 13.3 Å². The molecule has 7 heteroatoms. The normalized spacial score (nSPS) is 15.4. The Balaban J connectivity index is 3.06. The lowest BCUT2D eigenvalue weighted by molar-refractivity contribution is -0.138. The third kappa shape index (κ3) is 3.66. The average Bonchev–Trinajstić information content (AvgIpc) is 2.34. The van der Waals surface area contributed by atoms with Gasteiger partial charge in [-0.15, -0.1) is 0 Å². The number of nitrogens with zero attached hydrogens (tertiary/aromatic N) is 1. The molecule has 3 N–H and O–H groups in total. The van der Waals surface area contributed by atoms with Crippen molar-refractivity contribution in [2.24, 2.45) is 5.84 Å². The van der Waals surface area contributed by atoms with Gasteiger partial charge in [0.15, 0.2) is 0 Å². The molecule has 0 saturated carbocycles. The Kier molecular flexibility index (Phi) is 5.06. The molecule has 0 saturated heterocycles. The van der Waals surface area contributed by atoms with Crippen LogP contribution >= 0.6 is 0 Å². The molecule has 0 aromatic carbocycles. The molecule has 0 radical (unpaired) electrons. The Hall–Kier alpha value is -1.18. The summed E-state index contributed by atoms with van der Waals surface area (Å²) in [5, 5.41) is 0. The number of nitrogens with one attached hydrogen (secondary N) is 1. The van der Waals surface area contributed by atoms with E-state index >= 15 is 0 Å². The lowest BCUT2D eigenvalue weighted by Gasteiger charge is -2.22.